The molecule has 1 amide bonds. The molecule has 0 unspecified atom stereocenters. The minimum absolute atomic E-state index is 0.214. The maximum Gasteiger partial charge on any atom is 0.230 e. The van der Waals surface area contributed by atoms with Crippen LogP contribution in [0.2, 0.25) is 0 Å². The molecule has 25 heavy (non-hydrogen) atoms. The average Bonchev–Trinajstić information content (AvgIpc) is 3.20. The normalized spacial score (nSPS) is 24.4. The fourth-order valence-electron chi connectivity index (χ4n) is 4.29. The van der Waals surface area contributed by atoms with Gasteiger partial charge in [-0.1, -0.05) is 6.07 Å². The Labute approximate surface area is 148 Å². The van der Waals surface area contributed by atoms with E-state index in [2.05, 4.69) is 9.88 Å². The summed E-state index contributed by atoms with van der Waals surface area (Å²) in [5, 5.41) is 0. The lowest BCUT2D eigenvalue weighted by atomic mass is 9.78. The Balaban J connectivity index is 1.44. The van der Waals surface area contributed by atoms with E-state index in [9.17, 15) is 4.79 Å². The van der Waals surface area contributed by atoms with Crippen molar-refractivity contribution in [2.75, 3.05) is 19.6 Å². The van der Waals surface area contributed by atoms with Gasteiger partial charge in [-0.25, -0.2) is 0 Å². The third kappa shape index (κ3) is 3.33. The third-order valence-corrected chi connectivity index (χ3v) is 5.52. The van der Waals surface area contributed by atoms with E-state index in [1.165, 1.54) is 0 Å². The molecule has 2 aliphatic heterocycles. The summed E-state index contributed by atoms with van der Waals surface area (Å²) in [7, 11) is 0. The fraction of sp³-hybridized carbons (Fsp3) is 0.500. The second-order valence-corrected chi connectivity index (χ2v) is 7.42. The standard InChI is InChI=1S/C20H25N3O2/c1-16-5-2-6-17(21-16)13-23-11-9-20(19(23)24)8-4-10-22(15-20)14-18-7-3-12-25-18/h2-3,5-7,12H,4,8-11,13-15H2,1H3/t20-/m1/s1. The molecular formula is C20H25N3O2. The van der Waals surface area contributed by atoms with E-state index in [1.54, 1.807) is 6.26 Å². The molecule has 2 aromatic rings. The molecule has 2 aliphatic rings. The molecule has 4 rings (SSSR count). The van der Waals surface area contributed by atoms with Gasteiger partial charge in [-0.05, 0) is 57.0 Å². The maximum atomic E-state index is 13.2. The summed E-state index contributed by atoms with van der Waals surface area (Å²) in [6.07, 6.45) is 4.74. The number of carbonyl (C=O) groups is 1. The Hall–Kier alpha value is -2.14. The van der Waals surface area contributed by atoms with Crippen LogP contribution >= 0.6 is 0 Å². The van der Waals surface area contributed by atoms with E-state index < -0.39 is 0 Å². The minimum atomic E-state index is -0.214. The molecule has 0 saturated carbocycles. The molecule has 5 heteroatoms. The van der Waals surface area contributed by atoms with Crippen LogP contribution in [0.4, 0.5) is 0 Å². The molecule has 0 aliphatic carbocycles. The number of rotatable bonds is 4. The summed E-state index contributed by atoms with van der Waals surface area (Å²) >= 11 is 0. The van der Waals surface area contributed by atoms with Gasteiger partial charge in [0.25, 0.3) is 0 Å². The van der Waals surface area contributed by atoms with Crippen LogP contribution in [0.3, 0.4) is 0 Å². The van der Waals surface area contributed by atoms with Crippen molar-refractivity contribution >= 4 is 5.91 Å². The van der Waals surface area contributed by atoms with Crippen LogP contribution in [-0.4, -0.2) is 40.3 Å². The Morgan fingerprint density at radius 1 is 1.16 bits per heavy atom. The number of carbonyl (C=O) groups excluding carboxylic acids is 1. The lowest BCUT2D eigenvalue weighted by Gasteiger charge is -2.38. The number of aromatic nitrogens is 1. The highest BCUT2D eigenvalue weighted by atomic mass is 16.3. The number of hydrogen-bond acceptors (Lipinski definition) is 4. The van der Waals surface area contributed by atoms with Crippen LogP contribution in [0.15, 0.2) is 41.0 Å². The molecule has 4 heterocycles. The predicted octanol–water partition coefficient (Wildman–Crippen LogP) is 3.00. The molecule has 2 saturated heterocycles. The van der Waals surface area contributed by atoms with Gasteiger partial charge in [0.1, 0.15) is 5.76 Å². The van der Waals surface area contributed by atoms with Gasteiger partial charge in [0.05, 0.1) is 30.5 Å². The van der Waals surface area contributed by atoms with Crippen molar-refractivity contribution < 1.29 is 9.21 Å². The van der Waals surface area contributed by atoms with E-state index in [0.717, 1.165) is 62.6 Å². The Bertz CT molecular complexity index is 743. The lowest BCUT2D eigenvalue weighted by molar-refractivity contribution is -0.139. The van der Waals surface area contributed by atoms with Crippen molar-refractivity contribution in [2.24, 2.45) is 5.41 Å². The number of pyridine rings is 1. The Kier molecular flexibility index (Phi) is 4.34. The van der Waals surface area contributed by atoms with Gasteiger partial charge >= 0.3 is 0 Å². The average molecular weight is 339 g/mol. The zero-order valence-corrected chi connectivity index (χ0v) is 14.8. The summed E-state index contributed by atoms with van der Waals surface area (Å²) < 4.78 is 5.48. The number of aryl methyl sites for hydroxylation is 1. The topological polar surface area (TPSA) is 49.6 Å². The second kappa shape index (κ2) is 6.64. The first-order chi connectivity index (χ1) is 12.1. The first-order valence-electron chi connectivity index (χ1n) is 9.11. The van der Waals surface area contributed by atoms with Gasteiger partial charge in [-0.15, -0.1) is 0 Å². The van der Waals surface area contributed by atoms with Crippen molar-refractivity contribution in [3.63, 3.8) is 0 Å². The number of nitrogens with zero attached hydrogens (tertiary/aromatic N) is 3. The predicted molar refractivity (Wildman–Crippen MR) is 94.7 cm³/mol. The number of furan rings is 1. The zero-order chi connectivity index (χ0) is 17.3. The molecule has 1 atom stereocenters. The zero-order valence-electron chi connectivity index (χ0n) is 14.8. The first kappa shape index (κ1) is 16.3. The van der Waals surface area contributed by atoms with Crippen molar-refractivity contribution in [3.8, 4) is 0 Å². The number of hydrogen-bond donors (Lipinski definition) is 0. The van der Waals surface area contributed by atoms with Crippen LogP contribution in [0.1, 0.15) is 36.4 Å². The number of piperidine rings is 1. The summed E-state index contributed by atoms with van der Waals surface area (Å²) in [4.78, 5) is 22.1. The number of likely N-dealkylation sites (tertiary alicyclic amines) is 2. The smallest absolute Gasteiger partial charge is 0.230 e. The highest BCUT2D eigenvalue weighted by molar-refractivity contribution is 5.85. The van der Waals surface area contributed by atoms with Gasteiger partial charge in [-0.3, -0.25) is 14.7 Å². The van der Waals surface area contributed by atoms with Crippen molar-refractivity contribution in [1.82, 2.24) is 14.8 Å². The molecule has 0 radical (unpaired) electrons. The van der Waals surface area contributed by atoms with Crippen LogP contribution in [-0.2, 0) is 17.9 Å². The van der Waals surface area contributed by atoms with Crippen LogP contribution in [0, 0.1) is 12.3 Å². The van der Waals surface area contributed by atoms with Gasteiger partial charge in [0, 0.05) is 18.8 Å². The fourth-order valence-corrected chi connectivity index (χ4v) is 4.29. The lowest BCUT2D eigenvalue weighted by Crippen LogP contribution is -2.47. The molecule has 2 aromatic heterocycles. The van der Waals surface area contributed by atoms with Crippen molar-refractivity contribution in [3.05, 3.63) is 53.7 Å². The second-order valence-electron chi connectivity index (χ2n) is 7.42. The summed E-state index contributed by atoms with van der Waals surface area (Å²) in [5.74, 6) is 1.28. The number of amides is 1. The van der Waals surface area contributed by atoms with Gasteiger partial charge in [0.2, 0.25) is 5.91 Å². The van der Waals surface area contributed by atoms with E-state index in [-0.39, 0.29) is 5.41 Å². The largest absolute Gasteiger partial charge is 0.468 e. The Morgan fingerprint density at radius 2 is 2.08 bits per heavy atom. The third-order valence-electron chi connectivity index (χ3n) is 5.52. The first-order valence-corrected chi connectivity index (χ1v) is 9.11. The Morgan fingerprint density at radius 3 is 2.88 bits per heavy atom. The van der Waals surface area contributed by atoms with E-state index in [0.29, 0.717) is 12.5 Å². The monoisotopic (exact) mass is 339 g/mol. The quantitative estimate of drug-likeness (QED) is 0.859. The van der Waals surface area contributed by atoms with Crippen molar-refractivity contribution in [1.29, 1.82) is 0 Å². The molecule has 0 bridgehead atoms. The summed E-state index contributed by atoms with van der Waals surface area (Å²) in [6.45, 7) is 6.12. The van der Waals surface area contributed by atoms with Crippen LogP contribution in [0.5, 0.6) is 0 Å². The summed E-state index contributed by atoms with van der Waals surface area (Å²) in [5.41, 5.74) is 1.77. The summed E-state index contributed by atoms with van der Waals surface area (Å²) in [6, 6.07) is 9.94. The molecule has 0 N–H and O–H groups in total. The van der Waals surface area contributed by atoms with Crippen LogP contribution < -0.4 is 0 Å². The van der Waals surface area contributed by atoms with Crippen LogP contribution in [0.25, 0.3) is 0 Å². The SMILES string of the molecule is Cc1cccc(CN2CC[C@@]3(CCCN(Cc4ccco4)C3)C2=O)n1. The van der Waals surface area contributed by atoms with E-state index in [1.807, 2.05) is 42.2 Å². The molecule has 5 nitrogen and oxygen atoms in total. The molecule has 2 fully saturated rings. The van der Waals surface area contributed by atoms with E-state index >= 15 is 0 Å². The van der Waals surface area contributed by atoms with Gasteiger partial charge in [0.15, 0.2) is 0 Å². The molecular weight excluding hydrogens is 314 g/mol. The maximum absolute atomic E-state index is 13.2. The van der Waals surface area contributed by atoms with E-state index in [4.69, 9.17) is 4.42 Å². The highest BCUT2D eigenvalue weighted by Crippen LogP contribution is 2.41. The van der Waals surface area contributed by atoms with Crippen molar-refractivity contribution in [2.45, 2.75) is 39.3 Å². The minimum Gasteiger partial charge on any atom is -0.468 e. The molecule has 1 spiro atoms. The van der Waals surface area contributed by atoms with Gasteiger partial charge < -0.3 is 9.32 Å². The highest BCUT2D eigenvalue weighted by Gasteiger charge is 2.48. The molecule has 132 valence electrons. The van der Waals surface area contributed by atoms with Gasteiger partial charge in [-0.2, -0.15) is 0 Å². The molecule has 0 aromatic carbocycles.